The number of unbranched alkanes of at least 4 members (excludes halogenated alkanes) is 2. The van der Waals surface area contributed by atoms with E-state index in [4.69, 9.17) is 0 Å². The van der Waals surface area contributed by atoms with E-state index in [-0.39, 0.29) is 11.4 Å². The van der Waals surface area contributed by atoms with E-state index in [2.05, 4.69) is 27.1 Å². The molecule has 8 heteroatoms. The second-order valence-electron chi connectivity index (χ2n) is 6.81. The number of fused-ring (bicyclic) bond motifs is 1. The SMILES string of the molecule is CCCCCc1nnc(/N=C/c2c(O)n(-c3ccccn3)c(=O)c3ccccc23)s1. The van der Waals surface area contributed by atoms with Gasteiger partial charge in [0.25, 0.3) is 5.56 Å². The first-order chi connectivity index (χ1) is 14.7. The second-order valence-corrected chi connectivity index (χ2v) is 7.85. The summed E-state index contributed by atoms with van der Waals surface area (Å²) in [4.78, 5) is 21.6. The number of aromatic nitrogens is 4. The Labute approximate surface area is 177 Å². The van der Waals surface area contributed by atoms with Gasteiger partial charge in [0.15, 0.2) is 0 Å². The summed E-state index contributed by atoms with van der Waals surface area (Å²) in [5, 5.41) is 21.8. The van der Waals surface area contributed by atoms with Crippen molar-refractivity contribution in [2.45, 2.75) is 32.6 Å². The Morgan fingerprint density at radius 3 is 2.67 bits per heavy atom. The van der Waals surface area contributed by atoms with Gasteiger partial charge in [-0.1, -0.05) is 55.4 Å². The topological polar surface area (TPSA) is 93.3 Å². The van der Waals surface area contributed by atoms with Crippen LogP contribution in [0.25, 0.3) is 16.6 Å². The maximum absolute atomic E-state index is 13.0. The zero-order valence-corrected chi connectivity index (χ0v) is 17.3. The molecule has 0 aliphatic heterocycles. The van der Waals surface area contributed by atoms with Crippen molar-refractivity contribution in [3.8, 4) is 11.7 Å². The van der Waals surface area contributed by atoms with E-state index in [1.165, 1.54) is 22.1 Å². The van der Waals surface area contributed by atoms with Crippen molar-refractivity contribution in [3.05, 3.63) is 69.6 Å². The summed E-state index contributed by atoms with van der Waals surface area (Å²) in [6.07, 6.45) is 7.39. The van der Waals surface area contributed by atoms with Crippen molar-refractivity contribution >= 4 is 33.5 Å². The normalized spacial score (nSPS) is 11.5. The Bertz CT molecular complexity index is 1250. The largest absolute Gasteiger partial charge is 0.494 e. The van der Waals surface area contributed by atoms with E-state index >= 15 is 0 Å². The minimum absolute atomic E-state index is 0.214. The lowest BCUT2D eigenvalue weighted by Gasteiger charge is -2.12. The zero-order valence-electron chi connectivity index (χ0n) is 16.5. The van der Waals surface area contributed by atoms with Gasteiger partial charge in [-0.3, -0.25) is 4.79 Å². The number of hydrogen-bond donors (Lipinski definition) is 1. The molecule has 3 heterocycles. The van der Waals surface area contributed by atoms with Crippen LogP contribution < -0.4 is 5.56 Å². The fraction of sp³-hybridized carbons (Fsp3) is 0.227. The maximum Gasteiger partial charge on any atom is 0.267 e. The Morgan fingerprint density at radius 1 is 1.10 bits per heavy atom. The van der Waals surface area contributed by atoms with Crippen LogP contribution in [-0.4, -0.2) is 31.1 Å². The number of aromatic hydroxyl groups is 1. The molecule has 4 aromatic rings. The molecule has 3 aromatic heterocycles. The number of pyridine rings is 2. The Balaban J connectivity index is 1.77. The third kappa shape index (κ3) is 3.99. The molecule has 4 rings (SSSR count). The van der Waals surface area contributed by atoms with Crippen LogP contribution in [0.15, 0.2) is 58.4 Å². The molecule has 0 aliphatic rings. The first-order valence-corrected chi connectivity index (χ1v) is 10.6. The van der Waals surface area contributed by atoms with E-state index in [0.29, 0.717) is 27.3 Å². The summed E-state index contributed by atoms with van der Waals surface area (Å²) in [6, 6.07) is 12.3. The van der Waals surface area contributed by atoms with Gasteiger partial charge in [-0.2, -0.15) is 0 Å². The molecule has 0 unspecified atom stereocenters. The van der Waals surface area contributed by atoms with Gasteiger partial charge in [0.05, 0.1) is 5.56 Å². The van der Waals surface area contributed by atoms with Gasteiger partial charge in [-0.25, -0.2) is 14.5 Å². The molecule has 152 valence electrons. The van der Waals surface area contributed by atoms with Gasteiger partial charge in [-0.05, 0) is 24.6 Å². The lowest BCUT2D eigenvalue weighted by Crippen LogP contribution is -2.20. The van der Waals surface area contributed by atoms with E-state index in [9.17, 15) is 9.90 Å². The molecule has 0 radical (unpaired) electrons. The number of nitrogens with zero attached hydrogens (tertiary/aromatic N) is 5. The van der Waals surface area contributed by atoms with Crippen LogP contribution >= 0.6 is 11.3 Å². The summed E-state index contributed by atoms with van der Waals surface area (Å²) in [5.74, 6) is 0.128. The molecular weight excluding hydrogens is 398 g/mol. The van der Waals surface area contributed by atoms with Gasteiger partial charge >= 0.3 is 0 Å². The van der Waals surface area contributed by atoms with Crippen LogP contribution in [0.4, 0.5) is 5.13 Å². The lowest BCUT2D eigenvalue weighted by molar-refractivity contribution is 0.435. The van der Waals surface area contributed by atoms with Crippen molar-refractivity contribution in [2.75, 3.05) is 0 Å². The quantitative estimate of drug-likeness (QED) is 0.353. The van der Waals surface area contributed by atoms with E-state index in [1.807, 2.05) is 6.07 Å². The van der Waals surface area contributed by atoms with Gasteiger partial charge in [0.2, 0.25) is 11.0 Å². The highest BCUT2D eigenvalue weighted by Gasteiger charge is 2.17. The van der Waals surface area contributed by atoms with E-state index in [1.54, 1.807) is 42.6 Å². The molecule has 0 atom stereocenters. The highest BCUT2D eigenvalue weighted by Crippen LogP contribution is 2.27. The average Bonchev–Trinajstić information content (AvgIpc) is 3.22. The Hall–Kier alpha value is -3.39. The second kappa shape index (κ2) is 8.96. The van der Waals surface area contributed by atoms with Crippen LogP contribution in [0, 0.1) is 0 Å². The number of aliphatic imine (C=N–C) groups is 1. The molecule has 0 aliphatic carbocycles. The molecule has 30 heavy (non-hydrogen) atoms. The molecule has 0 fully saturated rings. The summed E-state index contributed by atoms with van der Waals surface area (Å²) < 4.78 is 1.19. The Kier molecular flexibility index (Phi) is 5.94. The highest BCUT2D eigenvalue weighted by molar-refractivity contribution is 7.14. The van der Waals surface area contributed by atoms with Crippen LogP contribution in [0.5, 0.6) is 5.88 Å². The van der Waals surface area contributed by atoms with E-state index in [0.717, 1.165) is 30.7 Å². The van der Waals surface area contributed by atoms with Gasteiger partial charge in [0.1, 0.15) is 10.8 Å². The highest BCUT2D eigenvalue weighted by atomic mass is 32.1. The number of hydrogen-bond acceptors (Lipinski definition) is 7. The third-order valence-electron chi connectivity index (χ3n) is 4.74. The zero-order chi connectivity index (χ0) is 20.9. The lowest BCUT2D eigenvalue weighted by atomic mass is 10.1. The molecular formula is C22H21N5O2S. The summed E-state index contributed by atoms with van der Waals surface area (Å²) >= 11 is 1.43. The third-order valence-corrected chi connectivity index (χ3v) is 5.63. The molecule has 1 N–H and O–H groups in total. The van der Waals surface area contributed by atoms with Gasteiger partial charge < -0.3 is 5.11 Å². The van der Waals surface area contributed by atoms with Crippen molar-refractivity contribution in [1.82, 2.24) is 19.7 Å². The van der Waals surface area contributed by atoms with Gasteiger partial charge in [-0.15, -0.1) is 10.2 Å². The molecule has 0 saturated heterocycles. The number of aryl methyl sites for hydroxylation is 1. The fourth-order valence-corrected chi connectivity index (χ4v) is 3.96. The minimum Gasteiger partial charge on any atom is -0.494 e. The first kappa shape index (κ1) is 19.9. The van der Waals surface area contributed by atoms with Crippen molar-refractivity contribution in [2.24, 2.45) is 4.99 Å². The summed E-state index contributed by atoms with van der Waals surface area (Å²) in [6.45, 7) is 2.16. The van der Waals surface area contributed by atoms with Crippen molar-refractivity contribution in [3.63, 3.8) is 0 Å². The van der Waals surface area contributed by atoms with E-state index < -0.39 is 0 Å². The van der Waals surface area contributed by atoms with Crippen LogP contribution in [0.2, 0.25) is 0 Å². The predicted octanol–water partition coefficient (Wildman–Crippen LogP) is 4.43. The average molecular weight is 420 g/mol. The molecule has 0 amide bonds. The smallest absolute Gasteiger partial charge is 0.267 e. The van der Waals surface area contributed by atoms with Crippen molar-refractivity contribution in [1.29, 1.82) is 0 Å². The predicted molar refractivity (Wildman–Crippen MR) is 119 cm³/mol. The monoisotopic (exact) mass is 419 g/mol. The van der Waals surface area contributed by atoms with Crippen LogP contribution in [-0.2, 0) is 6.42 Å². The number of benzene rings is 1. The summed E-state index contributed by atoms with van der Waals surface area (Å²) in [7, 11) is 0. The molecule has 7 nitrogen and oxygen atoms in total. The molecule has 0 spiro atoms. The maximum atomic E-state index is 13.0. The molecule has 0 bridgehead atoms. The van der Waals surface area contributed by atoms with Gasteiger partial charge in [0, 0.05) is 29.6 Å². The molecule has 0 saturated carbocycles. The first-order valence-electron chi connectivity index (χ1n) is 9.83. The summed E-state index contributed by atoms with van der Waals surface area (Å²) in [5.41, 5.74) is 0.0895. The standard InChI is InChI=1S/C22H21N5O2S/c1-2-3-4-12-19-25-26-22(30-19)24-14-17-15-9-5-6-10-16(15)20(28)27(21(17)29)18-11-7-8-13-23-18/h5-11,13-14,29H,2-4,12H2,1H3/b24-14+. The minimum atomic E-state index is -0.340. The Morgan fingerprint density at radius 2 is 1.90 bits per heavy atom. The van der Waals surface area contributed by atoms with Crippen LogP contribution in [0.3, 0.4) is 0 Å². The van der Waals surface area contributed by atoms with Crippen molar-refractivity contribution < 1.29 is 5.11 Å². The van der Waals surface area contributed by atoms with Crippen LogP contribution in [0.1, 0.15) is 36.8 Å². The molecule has 1 aromatic carbocycles. The fourth-order valence-electron chi connectivity index (χ4n) is 3.23. The number of rotatable bonds is 7.